The SMILES string of the molecule is c1cncc(COc2ncc3ccccc3n2)c1. The number of pyridine rings is 1. The molecule has 3 rings (SSSR count). The monoisotopic (exact) mass is 237 g/mol. The largest absolute Gasteiger partial charge is 0.459 e. The molecule has 0 bridgehead atoms. The van der Waals surface area contributed by atoms with E-state index in [-0.39, 0.29) is 0 Å². The summed E-state index contributed by atoms with van der Waals surface area (Å²) in [5.74, 6) is 0. The number of hydrogen-bond acceptors (Lipinski definition) is 4. The fourth-order valence-corrected chi connectivity index (χ4v) is 1.66. The second kappa shape index (κ2) is 4.79. The average molecular weight is 237 g/mol. The highest BCUT2D eigenvalue weighted by Crippen LogP contribution is 2.13. The number of fused-ring (bicyclic) bond motifs is 1. The molecule has 0 radical (unpaired) electrons. The van der Waals surface area contributed by atoms with E-state index < -0.39 is 0 Å². The van der Waals surface area contributed by atoms with E-state index in [1.54, 1.807) is 18.6 Å². The Bertz CT molecular complexity index is 655. The van der Waals surface area contributed by atoms with Crippen molar-refractivity contribution in [2.45, 2.75) is 6.61 Å². The van der Waals surface area contributed by atoms with Gasteiger partial charge in [0.15, 0.2) is 0 Å². The van der Waals surface area contributed by atoms with E-state index in [4.69, 9.17) is 4.74 Å². The highest BCUT2D eigenvalue weighted by atomic mass is 16.5. The number of ether oxygens (including phenoxy) is 1. The van der Waals surface area contributed by atoms with Crippen molar-refractivity contribution in [3.05, 3.63) is 60.6 Å². The van der Waals surface area contributed by atoms with Gasteiger partial charge in [-0.25, -0.2) is 4.98 Å². The minimum absolute atomic E-state index is 0.387. The molecule has 88 valence electrons. The first-order valence-electron chi connectivity index (χ1n) is 5.65. The molecule has 0 spiro atoms. The summed E-state index contributed by atoms with van der Waals surface area (Å²) in [7, 11) is 0. The summed E-state index contributed by atoms with van der Waals surface area (Å²) in [6, 6.07) is 12.0. The molecule has 0 aliphatic carbocycles. The number of hydrogen-bond donors (Lipinski definition) is 0. The van der Waals surface area contributed by atoms with Crippen LogP contribution in [0.4, 0.5) is 0 Å². The van der Waals surface area contributed by atoms with Crippen LogP contribution in [0.15, 0.2) is 55.0 Å². The molecule has 0 amide bonds. The third-order valence-electron chi connectivity index (χ3n) is 2.56. The van der Waals surface area contributed by atoms with Crippen LogP contribution >= 0.6 is 0 Å². The smallest absolute Gasteiger partial charge is 0.317 e. The van der Waals surface area contributed by atoms with Crippen molar-refractivity contribution < 1.29 is 4.74 Å². The van der Waals surface area contributed by atoms with Crippen LogP contribution in [0, 0.1) is 0 Å². The minimum Gasteiger partial charge on any atom is -0.459 e. The highest BCUT2D eigenvalue weighted by molar-refractivity contribution is 5.77. The van der Waals surface area contributed by atoms with Crippen LogP contribution < -0.4 is 4.74 Å². The van der Waals surface area contributed by atoms with Crippen LogP contribution in [-0.4, -0.2) is 15.0 Å². The molecule has 0 atom stereocenters. The van der Waals surface area contributed by atoms with Gasteiger partial charge in [0.05, 0.1) is 5.52 Å². The lowest BCUT2D eigenvalue weighted by Gasteiger charge is -2.04. The Kier molecular flexibility index (Phi) is 2.84. The molecule has 0 unspecified atom stereocenters. The summed E-state index contributed by atoms with van der Waals surface area (Å²) in [5.41, 5.74) is 1.88. The second-order valence-corrected chi connectivity index (χ2v) is 3.86. The van der Waals surface area contributed by atoms with Gasteiger partial charge in [-0.1, -0.05) is 24.3 Å². The van der Waals surface area contributed by atoms with Gasteiger partial charge in [-0.3, -0.25) is 4.98 Å². The van der Waals surface area contributed by atoms with Crippen LogP contribution in [0.5, 0.6) is 6.01 Å². The summed E-state index contributed by atoms with van der Waals surface area (Å²) in [5, 5.41) is 1.01. The molecule has 0 saturated carbocycles. The van der Waals surface area contributed by atoms with Crippen molar-refractivity contribution in [3.63, 3.8) is 0 Å². The Hall–Kier alpha value is -2.49. The Morgan fingerprint density at radius 2 is 1.94 bits per heavy atom. The first-order chi connectivity index (χ1) is 8.92. The van der Waals surface area contributed by atoms with E-state index in [0.29, 0.717) is 12.6 Å². The van der Waals surface area contributed by atoms with Crippen LogP contribution in [0.2, 0.25) is 0 Å². The number of rotatable bonds is 3. The van der Waals surface area contributed by atoms with Crippen molar-refractivity contribution in [3.8, 4) is 6.01 Å². The van der Waals surface area contributed by atoms with Crippen molar-refractivity contribution in [2.75, 3.05) is 0 Å². The van der Waals surface area contributed by atoms with Gasteiger partial charge in [-0.15, -0.1) is 0 Å². The Balaban J connectivity index is 1.79. The Morgan fingerprint density at radius 1 is 1.00 bits per heavy atom. The third-order valence-corrected chi connectivity index (χ3v) is 2.56. The summed E-state index contributed by atoms with van der Waals surface area (Å²) in [6.07, 6.45) is 5.26. The lowest BCUT2D eigenvalue weighted by Crippen LogP contribution is -1.99. The maximum absolute atomic E-state index is 5.54. The standard InChI is InChI=1S/C14H11N3O/c1-2-6-13-12(5-1)9-16-14(17-13)18-10-11-4-3-7-15-8-11/h1-9H,10H2. The molecule has 3 aromatic rings. The van der Waals surface area contributed by atoms with Gasteiger partial charge in [0, 0.05) is 29.5 Å². The summed E-state index contributed by atoms with van der Waals surface area (Å²) in [6.45, 7) is 0.423. The van der Waals surface area contributed by atoms with Gasteiger partial charge in [-0.2, -0.15) is 4.98 Å². The number of nitrogens with zero attached hydrogens (tertiary/aromatic N) is 3. The molecule has 2 aromatic heterocycles. The van der Waals surface area contributed by atoms with Gasteiger partial charge in [0.2, 0.25) is 0 Å². The molecule has 0 aliphatic rings. The zero-order chi connectivity index (χ0) is 12.2. The summed E-state index contributed by atoms with van der Waals surface area (Å²) < 4.78 is 5.54. The molecule has 0 saturated heterocycles. The summed E-state index contributed by atoms with van der Waals surface area (Å²) in [4.78, 5) is 12.5. The van der Waals surface area contributed by atoms with Gasteiger partial charge >= 0.3 is 6.01 Å². The van der Waals surface area contributed by atoms with E-state index in [1.807, 2.05) is 36.4 Å². The molecule has 2 heterocycles. The number of benzene rings is 1. The van der Waals surface area contributed by atoms with Crippen LogP contribution in [0.1, 0.15) is 5.56 Å². The predicted octanol–water partition coefficient (Wildman–Crippen LogP) is 2.60. The molecule has 4 heteroatoms. The van der Waals surface area contributed by atoms with Crippen molar-refractivity contribution >= 4 is 10.9 Å². The highest BCUT2D eigenvalue weighted by Gasteiger charge is 2.01. The van der Waals surface area contributed by atoms with Crippen LogP contribution in [0.3, 0.4) is 0 Å². The molecular weight excluding hydrogens is 226 g/mol. The van der Waals surface area contributed by atoms with Gasteiger partial charge in [0.25, 0.3) is 0 Å². The van der Waals surface area contributed by atoms with E-state index >= 15 is 0 Å². The lowest BCUT2D eigenvalue weighted by atomic mass is 10.2. The fraction of sp³-hybridized carbons (Fsp3) is 0.0714. The average Bonchev–Trinajstić information content (AvgIpc) is 2.46. The normalized spacial score (nSPS) is 10.4. The zero-order valence-electron chi connectivity index (χ0n) is 9.65. The minimum atomic E-state index is 0.387. The lowest BCUT2D eigenvalue weighted by molar-refractivity contribution is 0.281. The maximum atomic E-state index is 5.54. The maximum Gasteiger partial charge on any atom is 0.317 e. The zero-order valence-corrected chi connectivity index (χ0v) is 9.65. The molecule has 0 fully saturated rings. The molecule has 0 aliphatic heterocycles. The van der Waals surface area contributed by atoms with E-state index in [2.05, 4.69) is 15.0 Å². The number of aromatic nitrogens is 3. The van der Waals surface area contributed by atoms with Crippen LogP contribution in [-0.2, 0) is 6.61 Å². The quantitative estimate of drug-likeness (QED) is 0.702. The Morgan fingerprint density at radius 3 is 2.83 bits per heavy atom. The van der Waals surface area contributed by atoms with Gasteiger partial charge in [0.1, 0.15) is 6.61 Å². The predicted molar refractivity (Wildman–Crippen MR) is 68.1 cm³/mol. The van der Waals surface area contributed by atoms with Crippen molar-refractivity contribution in [2.24, 2.45) is 0 Å². The molecule has 18 heavy (non-hydrogen) atoms. The van der Waals surface area contributed by atoms with Gasteiger partial charge in [-0.05, 0) is 12.1 Å². The molecular formula is C14H11N3O. The third kappa shape index (κ3) is 2.27. The first-order valence-corrected chi connectivity index (χ1v) is 5.65. The topological polar surface area (TPSA) is 47.9 Å². The summed E-state index contributed by atoms with van der Waals surface area (Å²) >= 11 is 0. The van der Waals surface area contributed by atoms with Crippen LogP contribution in [0.25, 0.3) is 10.9 Å². The molecule has 1 aromatic carbocycles. The molecule has 0 N–H and O–H groups in total. The van der Waals surface area contributed by atoms with E-state index in [1.165, 1.54) is 0 Å². The Labute approximate surface area is 104 Å². The fourth-order valence-electron chi connectivity index (χ4n) is 1.66. The van der Waals surface area contributed by atoms with Crippen molar-refractivity contribution in [1.29, 1.82) is 0 Å². The molecule has 4 nitrogen and oxygen atoms in total. The van der Waals surface area contributed by atoms with Crippen molar-refractivity contribution in [1.82, 2.24) is 15.0 Å². The van der Waals surface area contributed by atoms with E-state index in [9.17, 15) is 0 Å². The first kappa shape index (κ1) is 10.7. The van der Waals surface area contributed by atoms with E-state index in [0.717, 1.165) is 16.5 Å². The van der Waals surface area contributed by atoms with Gasteiger partial charge < -0.3 is 4.74 Å². The number of para-hydroxylation sites is 1. The second-order valence-electron chi connectivity index (χ2n) is 3.86.